The molecule has 1 heterocycles. The molecule has 4 N–H and O–H groups in total. The maximum Gasteiger partial charge on any atom is 0.336 e. The third kappa shape index (κ3) is 3.88. The Hall–Kier alpha value is -2.48. The zero-order valence-electron chi connectivity index (χ0n) is 13.2. The summed E-state index contributed by atoms with van der Waals surface area (Å²) in [4.78, 5) is 28.9. The highest BCUT2D eigenvalue weighted by molar-refractivity contribution is 6.37. The first-order valence-corrected chi connectivity index (χ1v) is 7.99. The highest BCUT2D eigenvalue weighted by atomic mass is 19.1. The van der Waals surface area contributed by atoms with Crippen molar-refractivity contribution >= 4 is 23.3 Å². The van der Waals surface area contributed by atoms with E-state index in [-0.39, 0.29) is 17.7 Å². The average molecular weight is 333 g/mol. The average Bonchev–Trinajstić information content (AvgIpc) is 3.39. The Kier molecular flexibility index (Phi) is 4.75. The van der Waals surface area contributed by atoms with Gasteiger partial charge in [0.1, 0.15) is 11.7 Å². The van der Waals surface area contributed by atoms with E-state index in [0.29, 0.717) is 24.3 Å². The van der Waals surface area contributed by atoms with Crippen molar-refractivity contribution in [3.63, 3.8) is 0 Å². The summed E-state index contributed by atoms with van der Waals surface area (Å²) in [6.45, 7) is 2.90. The van der Waals surface area contributed by atoms with Gasteiger partial charge in [0.15, 0.2) is 0 Å². The Morgan fingerprint density at radius 2 is 2.00 bits per heavy atom. The molecule has 1 saturated heterocycles. The van der Waals surface area contributed by atoms with E-state index in [0.717, 1.165) is 25.9 Å². The van der Waals surface area contributed by atoms with Gasteiger partial charge < -0.3 is 21.3 Å². The van der Waals surface area contributed by atoms with Crippen LogP contribution in [0.25, 0.3) is 0 Å². The van der Waals surface area contributed by atoms with Crippen molar-refractivity contribution in [3.8, 4) is 0 Å². The summed E-state index contributed by atoms with van der Waals surface area (Å²) >= 11 is 0. The van der Waals surface area contributed by atoms with E-state index in [1.807, 2.05) is 4.90 Å². The fourth-order valence-corrected chi connectivity index (χ4v) is 2.52. The Bertz CT molecular complexity index is 681. The fraction of sp³-hybridized carbons (Fsp3) is 0.438. The molecule has 0 radical (unpaired) electrons. The Morgan fingerprint density at radius 3 is 2.67 bits per heavy atom. The lowest BCUT2D eigenvalue weighted by molar-refractivity contribution is -0.137. The minimum absolute atomic E-state index is 0.0722. The number of nitrogens with one attached hydrogen (secondary N) is 2. The van der Waals surface area contributed by atoms with E-state index >= 15 is 0 Å². The number of amidine groups is 1. The van der Waals surface area contributed by atoms with Gasteiger partial charge in [0.25, 0.3) is 0 Å². The minimum Gasteiger partial charge on any atom is -0.383 e. The first kappa shape index (κ1) is 16.4. The molecule has 24 heavy (non-hydrogen) atoms. The zero-order valence-corrected chi connectivity index (χ0v) is 13.2. The molecule has 0 spiro atoms. The van der Waals surface area contributed by atoms with E-state index in [2.05, 4.69) is 15.6 Å². The summed E-state index contributed by atoms with van der Waals surface area (Å²) in [5.41, 5.74) is 6.66. The summed E-state index contributed by atoms with van der Waals surface area (Å²) in [5.74, 6) is -2.15. The molecule has 3 rings (SSSR count). The quantitative estimate of drug-likeness (QED) is 0.402. The number of carbonyl (C=O) groups excluding carboxylic acids is 2. The van der Waals surface area contributed by atoms with Crippen molar-refractivity contribution in [3.05, 3.63) is 29.6 Å². The number of benzene rings is 1. The lowest BCUT2D eigenvalue weighted by atomic mass is 10.1. The van der Waals surface area contributed by atoms with Gasteiger partial charge >= 0.3 is 11.8 Å². The van der Waals surface area contributed by atoms with Crippen molar-refractivity contribution in [1.29, 1.82) is 0 Å². The lowest BCUT2D eigenvalue weighted by Gasteiger charge is -2.30. The van der Waals surface area contributed by atoms with Gasteiger partial charge in [-0.25, -0.2) is 4.39 Å². The number of nitrogens with two attached hydrogens (primary N) is 1. The number of rotatable bonds is 3. The molecule has 2 aliphatic rings. The SMILES string of the molecule is NC(=NC(=O)C(=O)NC1CC1)c1ccc(F)c(N2CCNCC2)c1. The van der Waals surface area contributed by atoms with E-state index in [4.69, 9.17) is 5.73 Å². The van der Waals surface area contributed by atoms with Gasteiger partial charge in [-0.3, -0.25) is 9.59 Å². The van der Waals surface area contributed by atoms with Gasteiger partial charge in [0.05, 0.1) is 5.69 Å². The second kappa shape index (κ2) is 6.96. The topological polar surface area (TPSA) is 99.8 Å². The van der Waals surface area contributed by atoms with Gasteiger partial charge in [0.2, 0.25) is 0 Å². The molecule has 1 aliphatic heterocycles. The van der Waals surface area contributed by atoms with Crippen LogP contribution in [0.5, 0.6) is 0 Å². The predicted octanol–water partition coefficient (Wildman–Crippen LogP) is -0.254. The number of anilines is 1. The number of nitrogens with zero attached hydrogens (tertiary/aromatic N) is 2. The van der Waals surface area contributed by atoms with Crippen molar-refractivity contribution in [1.82, 2.24) is 10.6 Å². The molecule has 0 atom stereocenters. The molecule has 1 saturated carbocycles. The van der Waals surface area contributed by atoms with Gasteiger partial charge in [-0.1, -0.05) is 0 Å². The second-order valence-corrected chi connectivity index (χ2v) is 5.95. The van der Waals surface area contributed by atoms with E-state index < -0.39 is 11.8 Å². The monoisotopic (exact) mass is 333 g/mol. The number of carbonyl (C=O) groups is 2. The van der Waals surface area contributed by atoms with E-state index in [1.54, 1.807) is 6.07 Å². The van der Waals surface area contributed by atoms with Crippen molar-refractivity contribution in [2.45, 2.75) is 18.9 Å². The number of piperazine rings is 1. The van der Waals surface area contributed by atoms with Gasteiger partial charge in [0, 0.05) is 37.8 Å². The fourth-order valence-electron chi connectivity index (χ4n) is 2.52. The number of hydrogen-bond donors (Lipinski definition) is 3. The molecule has 0 bridgehead atoms. The summed E-state index contributed by atoms with van der Waals surface area (Å²) < 4.78 is 14.1. The smallest absolute Gasteiger partial charge is 0.336 e. The third-order valence-electron chi connectivity index (χ3n) is 4.03. The molecule has 1 aromatic carbocycles. The highest BCUT2D eigenvalue weighted by Gasteiger charge is 2.26. The van der Waals surface area contributed by atoms with E-state index in [9.17, 15) is 14.0 Å². The molecule has 2 fully saturated rings. The molecule has 7 nitrogen and oxygen atoms in total. The molecule has 2 amide bonds. The van der Waals surface area contributed by atoms with Crippen LogP contribution in [0.4, 0.5) is 10.1 Å². The van der Waals surface area contributed by atoms with Gasteiger partial charge in [-0.15, -0.1) is 0 Å². The first-order valence-electron chi connectivity index (χ1n) is 7.99. The molecule has 8 heteroatoms. The largest absolute Gasteiger partial charge is 0.383 e. The van der Waals surface area contributed by atoms with Crippen LogP contribution in [0.1, 0.15) is 18.4 Å². The number of amides is 2. The van der Waals surface area contributed by atoms with Crippen LogP contribution >= 0.6 is 0 Å². The lowest BCUT2D eigenvalue weighted by Crippen LogP contribution is -2.44. The molecular formula is C16H20FN5O2. The minimum atomic E-state index is -0.938. The Morgan fingerprint density at radius 1 is 1.29 bits per heavy atom. The van der Waals surface area contributed by atoms with Crippen LogP contribution in [0, 0.1) is 5.82 Å². The van der Waals surface area contributed by atoms with Gasteiger partial charge in [-0.2, -0.15) is 4.99 Å². The summed E-state index contributed by atoms with van der Waals surface area (Å²) in [6, 6.07) is 4.38. The van der Waals surface area contributed by atoms with Crippen LogP contribution in [0.15, 0.2) is 23.2 Å². The van der Waals surface area contributed by atoms with Crippen LogP contribution < -0.4 is 21.3 Å². The number of halogens is 1. The van der Waals surface area contributed by atoms with Crippen molar-refractivity contribution in [2.24, 2.45) is 10.7 Å². The molecule has 1 aliphatic carbocycles. The standard InChI is InChI=1S/C16H20FN5O2/c17-12-4-1-10(9-13(12)22-7-5-19-6-8-22)14(18)21-16(24)15(23)20-11-2-3-11/h1,4,9,11,19H,2-3,5-8H2,(H,20,23)(H2,18,21,24). The summed E-state index contributed by atoms with van der Waals surface area (Å²) in [7, 11) is 0. The maximum absolute atomic E-state index is 14.1. The normalized spacial score (nSPS) is 18.4. The summed E-state index contributed by atoms with van der Waals surface area (Å²) in [6.07, 6.45) is 1.76. The first-order chi connectivity index (χ1) is 11.5. The maximum atomic E-state index is 14.1. The number of aliphatic imine (C=N–C) groups is 1. The third-order valence-corrected chi connectivity index (χ3v) is 4.03. The molecular weight excluding hydrogens is 313 g/mol. The molecule has 1 aromatic rings. The highest BCUT2D eigenvalue weighted by Crippen LogP contribution is 2.21. The number of hydrogen-bond acceptors (Lipinski definition) is 4. The van der Waals surface area contributed by atoms with E-state index in [1.165, 1.54) is 12.1 Å². The van der Waals surface area contributed by atoms with Crippen LogP contribution in [-0.4, -0.2) is 49.9 Å². The summed E-state index contributed by atoms with van der Waals surface area (Å²) in [5, 5.41) is 5.76. The Labute approximate surface area is 139 Å². The van der Waals surface area contributed by atoms with Crippen LogP contribution in [0.3, 0.4) is 0 Å². The second-order valence-electron chi connectivity index (χ2n) is 5.95. The van der Waals surface area contributed by atoms with Gasteiger partial charge in [-0.05, 0) is 31.0 Å². The van der Waals surface area contributed by atoms with Crippen molar-refractivity contribution < 1.29 is 14.0 Å². The molecule has 0 aromatic heterocycles. The molecule has 128 valence electrons. The Balaban J connectivity index is 1.76. The zero-order chi connectivity index (χ0) is 17.1. The van der Waals surface area contributed by atoms with Crippen LogP contribution in [-0.2, 0) is 9.59 Å². The molecule has 0 unspecified atom stereocenters. The van der Waals surface area contributed by atoms with Crippen molar-refractivity contribution in [2.75, 3.05) is 31.1 Å². The predicted molar refractivity (Wildman–Crippen MR) is 88.4 cm³/mol. The van der Waals surface area contributed by atoms with Crippen LogP contribution in [0.2, 0.25) is 0 Å².